The van der Waals surface area contributed by atoms with Crippen molar-refractivity contribution >= 4 is 49.2 Å². The van der Waals surface area contributed by atoms with E-state index in [2.05, 4.69) is 15.3 Å². The van der Waals surface area contributed by atoms with E-state index in [1.54, 1.807) is 12.1 Å². The van der Waals surface area contributed by atoms with Gasteiger partial charge in [-0.25, -0.2) is 22.8 Å². The van der Waals surface area contributed by atoms with Crippen molar-refractivity contribution in [1.29, 1.82) is 0 Å². The molecule has 3 aromatic heterocycles. The van der Waals surface area contributed by atoms with Crippen molar-refractivity contribution in [1.82, 2.24) is 20.3 Å². The van der Waals surface area contributed by atoms with Gasteiger partial charge in [-0.3, -0.25) is 9.10 Å². The lowest BCUT2D eigenvalue weighted by Crippen LogP contribution is -2.25. The number of aromatic nitrogens is 3. The SMILES string of the molecule is CNC(=O)c1c(-c2ccc(F)cc2)oc2cc(N(C)S(C)(=O)=O)c(-c3ncc(OC)c(-c4cc5c(N)cccc5[nH]4)n3)cc12. The van der Waals surface area contributed by atoms with E-state index < -0.39 is 21.7 Å². The van der Waals surface area contributed by atoms with Crippen molar-refractivity contribution in [3.05, 3.63) is 78.2 Å². The summed E-state index contributed by atoms with van der Waals surface area (Å²) in [7, 11) is 0.607. The largest absolute Gasteiger partial charge is 0.493 e. The van der Waals surface area contributed by atoms with Gasteiger partial charge in [-0.1, -0.05) is 6.07 Å². The average molecular weight is 615 g/mol. The number of aromatic amines is 1. The van der Waals surface area contributed by atoms with Crippen molar-refractivity contribution in [2.75, 3.05) is 37.5 Å². The number of methoxy groups -OCH3 is 1. The summed E-state index contributed by atoms with van der Waals surface area (Å²) >= 11 is 0. The van der Waals surface area contributed by atoms with E-state index in [-0.39, 0.29) is 28.4 Å². The number of sulfonamides is 1. The molecule has 0 atom stereocenters. The molecule has 0 bridgehead atoms. The summed E-state index contributed by atoms with van der Waals surface area (Å²) in [6, 6.07) is 16.0. The first kappa shape index (κ1) is 28.7. The number of nitrogens with one attached hydrogen (secondary N) is 2. The van der Waals surface area contributed by atoms with Crippen LogP contribution in [0.25, 0.3) is 56.0 Å². The Morgan fingerprint density at radius 2 is 1.86 bits per heavy atom. The summed E-state index contributed by atoms with van der Waals surface area (Å²) in [4.78, 5) is 25.8. The van der Waals surface area contributed by atoms with E-state index in [0.717, 1.165) is 21.5 Å². The van der Waals surface area contributed by atoms with Crippen LogP contribution in [0.3, 0.4) is 0 Å². The minimum Gasteiger partial charge on any atom is -0.493 e. The van der Waals surface area contributed by atoms with Gasteiger partial charge in [-0.05, 0) is 48.5 Å². The molecule has 224 valence electrons. The molecule has 44 heavy (non-hydrogen) atoms. The Bertz CT molecular complexity index is 2190. The van der Waals surface area contributed by atoms with Gasteiger partial charge in [0.1, 0.15) is 22.9 Å². The molecular formula is C31H27FN6O5S. The maximum absolute atomic E-state index is 13.7. The lowest BCUT2D eigenvalue weighted by Gasteiger charge is -2.20. The molecule has 6 rings (SSSR count). The Kier molecular flexibility index (Phi) is 6.97. The van der Waals surface area contributed by atoms with Crippen LogP contribution in [-0.4, -0.2) is 56.7 Å². The van der Waals surface area contributed by atoms with Crippen LogP contribution in [0.4, 0.5) is 15.8 Å². The highest BCUT2D eigenvalue weighted by Crippen LogP contribution is 2.41. The van der Waals surface area contributed by atoms with Gasteiger partial charge in [-0.2, -0.15) is 0 Å². The Labute approximate surface area is 251 Å². The quantitative estimate of drug-likeness (QED) is 0.208. The smallest absolute Gasteiger partial charge is 0.255 e. The lowest BCUT2D eigenvalue weighted by atomic mass is 10.0. The summed E-state index contributed by atoms with van der Waals surface area (Å²) in [5, 5.41) is 3.80. The van der Waals surface area contributed by atoms with Crippen LogP contribution in [0.15, 0.2) is 71.3 Å². The molecule has 0 radical (unpaired) electrons. The molecule has 0 saturated heterocycles. The summed E-state index contributed by atoms with van der Waals surface area (Å²) in [6.45, 7) is 0. The van der Waals surface area contributed by atoms with E-state index in [9.17, 15) is 17.6 Å². The van der Waals surface area contributed by atoms with Gasteiger partial charge in [-0.15, -0.1) is 0 Å². The number of rotatable bonds is 7. The summed E-state index contributed by atoms with van der Waals surface area (Å²) in [5.74, 6) is -0.185. The van der Waals surface area contributed by atoms with Crippen molar-refractivity contribution in [3.8, 4) is 39.8 Å². The highest BCUT2D eigenvalue weighted by molar-refractivity contribution is 7.92. The highest BCUT2D eigenvalue weighted by Gasteiger charge is 2.27. The van der Waals surface area contributed by atoms with Gasteiger partial charge in [0.15, 0.2) is 11.6 Å². The van der Waals surface area contributed by atoms with Gasteiger partial charge in [0.25, 0.3) is 5.91 Å². The molecule has 13 heteroatoms. The van der Waals surface area contributed by atoms with Crippen LogP contribution < -0.4 is 20.1 Å². The highest BCUT2D eigenvalue weighted by atomic mass is 32.2. The molecule has 0 aliphatic heterocycles. The van der Waals surface area contributed by atoms with E-state index in [4.69, 9.17) is 19.9 Å². The number of anilines is 2. The average Bonchev–Trinajstić information content (AvgIpc) is 3.62. The van der Waals surface area contributed by atoms with Crippen molar-refractivity contribution in [2.24, 2.45) is 0 Å². The second kappa shape index (κ2) is 10.7. The molecule has 3 heterocycles. The van der Waals surface area contributed by atoms with Crippen LogP contribution in [0.5, 0.6) is 5.75 Å². The molecular weight excluding hydrogens is 587 g/mol. The fraction of sp³-hybridized carbons (Fsp3) is 0.129. The van der Waals surface area contributed by atoms with Crippen molar-refractivity contribution in [2.45, 2.75) is 0 Å². The predicted molar refractivity (Wildman–Crippen MR) is 168 cm³/mol. The van der Waals surface area contributed by atoms with Crippen LogP contribution in [0.2, 0.25) is 0 Å². The molecule has 3 aromatic carbocycles. The zero-order chi connectivity index (χ0) is 31.3. The normalized spacial score (nSPS) is 11.7. The van der Waals surface area contributed by atoms with E-state index in [0.29, 0.717) is 39.3 Å². The number of hydrogen-bond donors (Lipinski definition) is 3. The number of ether oxygens (including phenoxy) is 1. The number of amides is 1. The number of hydrogen-bond acceptors (Lipinski definition) is 8. The van der Waals surface area contributed by atoms with Crippen LogP contribution in [0.1, 0.15) is 10.4 Å². The Morgan fingerprint density at radius 3 is 2.52 bits per heavy atom. The Hall–Kier alpha value is -5.43. The summed E-state index contributed by atoms with van der Waals surface area (Å²) < 4.78 is 52.0. The minimum absolute atomic E-state index is 0.159. The molecule has 0 fully saturated rings. The second-order valence-electron chi connectivity index (χ2n) is 10.1. The lowest BCUT2D eigenvalue weighted by molar-refractivity contribution is 0.0964. The topological polar surface area (TPSA) is 156 Å². The molecule has 1 amide bonds. The third kappa shape index (κ3) is 4.86. The number of halogens is 1. The first-order chi connectivity index (χ1) is 21.0. The zero-order valence-corrected chi connectivity index (χ0v) is 24.9. The molecule has 0 spiro atoms. The zero-order valence-electron chi connectivity index (χ0n) is 24.1. The van der Waals surface area contributed by atoms with Crippen LogP contribution in [0, 0.1) is 5.82 Å². The van der Waals surface area contributed by atoms with Gasteiger partial charge in [0, 0.05) is 53.3 Å². The van der Waals surface area contributed by atoms with Crippen LogP contribution in [-0.2, 0) is 10.0 Å². The van der Waals surface area contributed by atoms with Gasteiger partial charge in [0.2, 0.25) is 10.0 Å². The third-order valence-electron chi connectivity index (χ3n) is 7.37. The number of H-pyrrole nitrogens is 1. The van der Waals surface area contributed by atoms with Gasteiger partial charge < -0.3 is 25.2 Å². The standard InChI is InChI=1S/C31H27FN6O5S/c1-34-31(39)27-20-12-19(24(38(2)44(4,40)41)14-25(20)43-29(27)16-8-10-17(32)11-9-16)30-35-15-26(42-3)28(37-30)23-13-18-21(33)6-5-7-22(18)36-23/h5-15,36H,33H2,1-4H3,(H,34,39). The number of benzene rings is 3. The molecule has 6 aromatic rings. The van der Waals surface area contributed by atoms with Gasteiger partial charge in [0.05, 0.1) is 36.5 Å². The molecule has 0 unspecified atom stereocenters. The fourth-order valence-corrected chi connectivity index (χ4v) is 5.56. The monoisotopic (exact) mass is 614 g/mol. The molecule has 11 nitrogen and oxygen atoms in total. The number of carbonyl (C=O) groups excluding carboxylic acids is 1. The molecule has 4 N–H and O–H groups in total. The van der Waals surface area contributed by atoms with E-state index >= 15 is 0 Å². The second-order valence-corrected chi connectivity index (χ2v) is 12.1. The first-order valence-corrected chi connectivity index (χ1v) is 15.2. The van der Waals surface area contributed by atoms with Gasteiger partial charge >= 0.3 is 0 Å². The maximum Gasteiger partial charge on any atom is 0.255 e. The third-order valence-corrected chi connectivity index (χ3v) is 8.56. The van der Waals surface area contributed by atoms with Crippen molar-refractivity contribution < 1.29 is 26.8 Å². The van der Waals surface area contributed by atoms with E-state index in [1.165, 1.54) is 57.7 Å². The predicted octanol–water partition coefficient (Wildman–Crippen LogP) is 5.19. The van der Waals surface area contributed by atoms with Crippen molar-refractivity contribution in [3.63, 3.8) is 0 Å². The Balaban J connectivity index is 1.64. The summed E-state index contributed by atoms with van der Waals surface area (Å²) in [5.41, 5.74) is 9.96. The van der Waals surface area contributed by atoms with E-state index in [1.807, 2.05) is 18.2 Å². The molecule has 0 saturated carbocycles. The Morgan fingerprint density at radius 1 is 1.11 bits per heavy atom. The number of nitrogens with two attached hydrogens (primary N) is 1. The fourth-order valence-electron chi connectivity index (χ4n) is 5.05. The van der Waals surface area contributed by atoms with Crippen LogP contribution >= 0.6 is 0 Å². The minimum atomic E-state index is -3.76. The maximum atomic E-state index is 13.7. The molecule has 0 aliphatic rings. The number of fused-ring (bicyclic) bond motifs is 2. The number of carbonyl (C=O) groups is 1. The number of furan rings is 1. The summed E-state index contributed by atoms with van der Waals surface area (Å²) in [6.07, 6.45) is 2.55. The molecule has 0 aliphatic carbocycles. The number of nitrogen functional groups attached to an aromatic ring is 1. The first-order valence-electron chi connectivity index (χ1n) is 13.3. The number of nitrogens with zero attached hydrogens (tertiary/aromatic N) is 3.